The maximum absolute atomic E-state index is 12.0. The van der Waals surface area contributed by atoms with Crippen LogP contribution in [0.15, 0.2) is 28.4 Å². The third kappa shape index (κ3) is 8.36. The minimum Gasteiger partial charge on any atom is -0.466 e. The first-order valence-electron chi connectivity index (χ1n) is 7.65. The zero-order chi connectivity index (χ0) is 17.9. The van der Waals surface area contributed by atoms with Gasteiger partial charge in [0.1, 0.15) is 0 Å². The molecule has 8 heteroatoms. The smallest absolute Gasteiger partial charge is 0.332 e. The highest BCUT2D eigenvalue weighted by Gasteiger charge is 2.19. The maximum atomic E-state index is 12.0. The highest BCUT2D eigenvalue weighted by Crippen LogP contribution is 2.22. The summed E-state index contributed by atoms with van der Waals surface area (Å²) in [5, 5.41) is 8.29. The summed E-state index contributed by atoms with van der Waals surface area (Å²) in [6.45, 7) is 4.14. The van der Waals surface area contributed by atoms with Crippen LogP contribution in [0.1, 0.15) is 33.1 Å². The summed E-state index contributed by atoms with van der Waals surface area (Å²) in [6.07, 6.45) is 1.13. The maximum Gasteiger partial charge on any atom is 0.332 e. The van der Waals surface area contributed by atoms with Gasteiger partial charge < -0.3 is 9.47 Å². The van der Waals surface area contributed by atoms with E-state index in [2.05, 4.69) is 55.4 Å². The number of benzene rings is 1. The van der Waals surface area contributed by atoms with E-state index in [0.29, 0.717) is 25.1 Å². The van der Waals surface area contributed by atoms with E-state index in [1.165, 1.54) is 0 Å². The number of nitrogens with zero attached hydrogens (tertiary/aromatic N) is 2. The Morgan fingerprint density at radius 2 is 1.71 bits per heavy atom. The van der Waals surface area contributed by atoms with Crippen LogP contribution in [0.3, 0.4) is 0 Å². The molecule has 1 rings (SSSR count). The number of carbonyl (C=O) groups is 2. The highest BCUT2D eigenvalue weighted by atomic mass is 127. The van der Waals surface area contributed by atoms with Gasteiger partial charge in [0.05, 0.1) is 18.9 Å². The Hall–Kier alpha value is -0.780. The lowest BCUT2D eigenvalue weighted by Gasteiger charge is -2.10. The lowest BCUT2D eigenvalue weighted by atomic mass is 10.1. The Kier molecular flexibility index (Phi) is 10.4. The Labute approximate surface area is 169 Å². The van der Waals surface area contributed by atoms with E-state index >= 15 is 0 Å². The molecule has 0 N–H and O–H groups in total. The van der Waals surface area contributed by atoms with Crippen molar-refractivity contribution in [1.82, 2.24) is 0 Å². The normalized spacial score (nSPS) is 12.2. The van der Waals surface area contributed by atoms with Crippen LogP contribution in [-0.4, -0.2) is 31.2 Å². The van der Waals surface area contributed by atoms with E-state index in [0.717, 1.165) is 7.14 Å². The number of carbonyl (C=O) groups excluding carboxylic acids is 2. The largest absolute Gasteiger partial charge is 0.466 e. The molecule has 0 heterocycles. The van der Waals surface area contributed by atoms with Gasteiger partial charge in [0.15, 0.2) is 6.04 Å². The molecule has 0 amide bonds. The van der Waals surface area contributed by atoms with Crippen LogP contribution >= 0.6 is 45.2 Å². The molecule has 1 unspecified atom stereocenters. The predicted octanol–water partition coefficient (Wildman–Crippen LogP) is 4.64. The topological polar surface area (TPSA) is 77.3 Å². The van der Waals surface area contributed by atoms with Crippen molar-refractivity contribution in [2.45, 2.75) is 39.2 Å². The standard InChI is InChI=1S/C16H20I2N2O4/c1-3-23-15(21)7-5-6-14(16(22)24-4-2)20-19-13-9-11(17)8-12(18)10-13/h8-10,14H,3-7H2,1-2H3. The molecule has 0 aliphatic rings. The number of rotatable bonds is 9. The van der Waals surface area contributed by atoms with E-state index in [9.17, 15) is 9.59 Å². The van der Waals surface area contributed by atoms with Crippen LogP contribution in [0.4, 0.5) is 5.69 Å². The summed E-state index contributed by atoms with van der Waals surface area (Å²) in [7, 11) is 0. The number of azo groups is 1. The second kappa shape index (κ2) is 11.7. The van der Waals surface area contributed by atoms with Crippen LogP contribution in [0.5, 0.6) is 0 Å². The van der Waals surface area contributed by atoms with Crippen LogP contribution in [0.2, 0.25) is 0 Å². The molecule has 1 atom stereocenters. The minimum absolute atomic E-state index is 0.250. The van der Waals surface area contributed by atoms with Crippen molar-refractivity contribution in [2.75, 3.05) is 13.2 Å². The minimum atomic E-state index is -0.713. The van der Waals surface area contributed by atoms with E-state index in [1.807, 2.05) is 18.2 Å². The summed E-state index contributed by atoms with van der Waals surface area (Å²) in [4.78, 5) is 23.4. The Bertz CT molecular complexity index is 573. The average Bonchev–Trinajstić information content (AvgIpc) is 2.50. The molecule has 0 aliphatic carbocycles. The fourth-order valence-corrected chi connectivity index (χ4v) is 3.77. The van der Waals surface area contributed by atoms with Crippen LogP contribution in [0, 0.1) is 7.14 Å². The molecule has 0 aliphatic heterocycles. The summed E-state index contributed by atoms with van der Waals surface area (Å²) >= 11 is 4.41. The number of hydrogen-bond donors (Lipinski definition) is 0. The molecule has 24 heavy (non-hydrogen) atoms. The van der Waals surface area contributed by atoms with Crippen molar-refractivity contribution in [2.24, 2.45) is 10.2 Å². The zero-order valence-electron chi connectivity index (χ0n) is 13.6. The third-order valence-electron chi connectivity index (χ3n) is 2.88. The van der Waals surface area contributed by atoms with E-state index < -0.39 is 12.0 Å². The molecule has 1 aromatic rings. The van der Waals surface area contributed by atoms with Crippen molar-refractivity contribution in [3.8, 4) is 0 Å². The van der Waals surface area contributed by atoms with Crippen molar-refractivity contribution in [1.29, 1.82) is 0 Å². The molecule has 0 radical (unpaired) electrons. The van der Waals surface area contributed by atoms with Gasteiger partial charge >= 0.3 is 11.9 Å². The summed E-state index contributed by atoms with van der Waals surface area (Å²) < 4.78 is 12.0. The molecule has 0 saturated heterocycles. The van der Waals surface area contributed by atoms with Crippen molar-refractivity contribution >= 4 is 62.8 Å². The van der Waals surface area contributed by atoms with Crippen LogP contribution < -0.4 is 0 Å². The van der Waals surface area contributed by atoms with E-state index in [1.54, 1.807) is 13.8 Å². The third-order valence-corrected chi connectivity index (χ3v) is 4.13. The fourth-order valence-electron chi connectivity index (χ4n) is 1.87. The predicted molar refractivity (Wildman–Crippen MR) is 107 cm³/mol. The van der Waals surface area contributed by atoms with Crippen molar-refractivity contribution in [3.63, 3.8) is 0 Å². The van der Waals surface area contributed by atoms with Gasteiger partial charge in [-0.05, 0) is 90.1 Å². The van der Waals surface area contributed by atoms with Gasteiger partial charge in [-0.2, -0.15) is 10.2 Å². The van der Waals surface area contributed by atoms with E-state index in [-0.39, 0.29) is 19.0 Å². The zero-order valence-corrected chi connectivity index (χ0v) is 17.9. The fraction of sp³-hybridized carbons (Fsp3) is 0.500. The molecule has 0 spiro atoms. The van der Waals surface area contributed by atoms with Gasteiger partial charge in [0.25, 0.3) is 0 Å². The monoisotopic (exact) mass is 558 g/mol. The van der Waals surface area contributed by atoms with Crippen LogP contribution in [0.25, 0.3) is 0 Å². The molecule has 0 saturated carbocycles. The number of halogens is 2. The lowest BCUT2D eigenvalue weighted by Crippen LogP contribution is -2.21. The van der Waals surface area contributed by atoms with Gasteiger partial charge in [-0.25, -0.2) is 4.79 Å². The molecule has 0 aromatic heterocycles. The first-order valence-corrected chi connectivity index (χ1v) is 9.81. The van der Waals surface area contributed by atoms with Gasteiger partial charge in [0.2, 0.25) is 0 Å². The molecule has 1 aromatic carbocycles. The van der Waals surface area contributed by atoms with Gasteiger partial charge in [-0.3, -0.25) is 4.79 Å². The second-order valence-electron chi connectivity index (χ2n) is 4.81. The molecule has 0 fully saturated rings. The number of hydrogen-bond acceptors (Lipinski definition) is 6. The van der Waals surface area contributed by atoms with Crippen molar-refractivity contribution < 1.29 is 19.1 Å². The van der Waals surface area contributed by atoms with Gasteiger partial charge in [-0.1, -0.05) is 0 Å². The molecule has 0 bridgehead atoms. The molecule has 132 valence electrons. The highest BCUT2D eigenvalue weighted by molar-refractivity contribution is 14.1. The Balaban J connectivity index is 2.72. The SMILES string of the molecule is CCOC(=O)CCCC(N=Nc1cc(I)cc(I)c1)C(=O)OCC. The Morgan fingerprint density at radius 1 is 1.08 bits per heavy atom. The first kappa shape index (κ1) is 21.3. The van der Waals surface area contributed by atoms with Crippen LogP contribution in [-0.2, 0) is 19.1 Å². The summed E-state index contributed by atoms with van der Waals surface area (Å²) in [6, 6.07) is 5.07. The van der Waals surface area contributed by atoms with Gasteiger partial charge in [-0.15, -0.1) is 0 Å². The number of esters is 2. The van der Waals surface area contributed by atoms with Crippen molar-refractivity contribution in [3.05, 3.63) is 25.3 Å². The summed E-state index contributed by atoms with van der Waals surface area (Å²) in [5.74, 6) is -0.699. The molecular weight excluding hydrogens is 538 g/mol. The molecule has 6 nitrogen and oxygen atoms in total. The second-order valence-corrected chi connectivity index (χ2v) is 7.30. The molecular formula is C16H20I2N2O4. The Morgan fingerprint density at radius 3 is 2.29 bits per heavy atom. The summed E-state index contributed by atoms with van der Waals surface area (Å²) in [5.41, 5.74) is 0.686. The number of ether oxygens (including phenoxy) is 2. The quantitative estimate of drug-likeness (QED) is 0.252. The van der Waals surface area contributed by atoms with E-state index in [4.69, 9.17) is 9.47 Å². The average molecular weight is 558 g/mol. The lowest BCUT2D eigenvalue weighted by molar-refractivity contribution is -0.146. The first-order chi connectivity index (χ1) is 11.5. The van der Waals surface area contributed by atoms with Gasteiger partial charge in [0, 0.05) is 13.6 Å².